The number of aromatic amines is 1. The molecule has 3 amide bonds. The highest BCUT2D eigenvalue weighted by atomic mass is 35.5. The summed E-state index contributed by atoms with van der Waals surface area (Å²) in [5.41, 5.74) is 1.95. The van der Waals surface area contributed by atoms with Gasteiger partial charge in [-0.25, -0.2) is 13.6 Å². The first-order chi connectivity index (χ1) is 12.9. The van der Waals surface area contributed by atoms with Crippen LogP contribution < -0.4 is 5.32 Å². The van der Waals surface area contributed by atoms with Gasteiger partial charge in [0, 0.05) is 18.0 Å². The molecule has 1 atom stereocenters. The normalized spacial score (nSPS) is 17.0. The number of nitrogens with zero attached hydrogens (tertiary/aromatic N) is 1. The van der Waals surface area contributed by atoms with E-state index >= 15 is 0 Å². The largest absolute Gasteiger partial charge is 0.360 e. The van der Waals surface area contributed by atoms with Crippen molar-refractivity contribution in [1.82, 2.24) is 15.2 Å². The Balaban J connectivity index is 1.53. The van der Waals surface area contributed by atoms with Crippen LogP contribution in [0.5, 0.6) is 0 Å². The van der Waals surface area contributed by atoms with E-state index in [-0.39, 0.29) is 6.54 Å². The summed E-state index contributed by atoms with van der Waals surface area (Å²) < 4.78 is 26.4. The van der Waals surface area contributed by atoms with E-state index in [1.807, 2.05) is 12.1 Å². The molecule has 5 nitrogen and oxygen atoms in total. The Morgan fingerprint density at radius 2 is 1.93 bits per heavy atom. The summed E-state index contributed by atoms with van der Waals surface area (Å²) in [6.45, 7) is -0.127. The second kappa shape index (κ2) is 6.66. The topological polar surface area (TPSA) is 65.2 Å². The first-order valence-electron chi connectivity index (χ1n) is 8.24. The summed E-state index contributed by atoms with van der Waals surface area (Å²) in [6.07, 6.45) is 2.05. The Bertz CT molecular complexity index is 1070. The summed E-state index contributed by atoms with van der Waals surface area (Å²) in [6, 6.07) is 7.44. The molecule has 2 aromatic carbocycles. The van der Waals surface area contributed by atoms with Crippen molar-refractivity contribution in [3.8, 4) is 0 Å². The molecular formula is C19H14ClF2N3O2. The monoisotopic (exact) mass is 389 g/mol. The highest BCUT2D eigenvalue weighted by Gasteiger charge is 2.38. The van der Waals surface area contributed by atoms with Crippen molar-refractivity contribution in [3.05, 3.63) is 70.4 Å². The minimum atomic E-state index is -1.02. The molecule has 0 saturated carbocycles. The molecular weight excluding hydrogens is 376 g/mol. The zero-order valence-electron chi connectivity index (χ0n) is 13.9. The lowest BCUT2D eigenvalue weighted by molar-refractivity contribution is -0.127. The van der Waals surface area contributed by atoms with Crippen LogP contribution in [0.15, 0.2) is 42.6 Å². The van der Waals surface area contributed by atoms with Gasteiger partial charge in [-0.3, -0.25) is 9.69 Å². The molecule has 3 aromatic rings. The van der Waals surface area contributed by atoms with Gasteiger partial charge in [-0.2, -0.15) is 0 Å². The lowest BCUT2D eigenvalue weighted by atomic mass is 10.0. The van der Waals surface area contributed by atoms with Gasteiger partial charge in [-0.15, -0.1) is 0 Å². The highest BCUT2D eigenvalue weighted by molar-refractivity contribution is 6.35. The number of fused-ring (bicyclic) bond motifs is 1. The molecule has 0 radical (unpaired) electrons. The molecule has 0 bridgehead atoms. The SMILES string of the molecule is O=C1N[C@H](Cc2c[nH]c3c(Cl)cccc23)C(=O)N1Cc1ccc(F)c(F)c1. The molecule has 0 unspecified atom stereocenters. The Morgan fingerprint density at radius 1 is 1.11 bits per heavy atom. The van der Waals surface area contributed by atoms with E-state index in [4.69, 9.17) is 11.6 Å². The Kier molecular flexibility index (Phi) is 4.31. The minimum Gasteiger partial charge on any atom is -0.360 e. The molecule has 1 fully saturated rings. The van der Waals surface area contributed by atoms with Crippen LogP contribution in [0.2, 0.25) is 5.02 Å². The Labute approximate surface area is 157 Å². The van der Waals surface area contributed by atoms with Gasteiger partial charge in [0.25, 0.3) is 5.91 Å². The van der Waals surface area contributed by atoms with Crippen molar-refractivity contribution in [2.45, 2.75) is 19.0 Å². The number of rotatable bonds is 4. The van der Waals surface area contributed by atoms with Crippen molar-refractivity contribution in [3.63, 3.8) is 0 Å². The summed E-state index contributed by atoms with van der Waals surface area (Å²) in [4.78, 5) is 28.9. The van der Waals surface area contributed by atoms with Crippen molar-refractivity contribution in [1.29, 1.82) is 0 Å². The third-order valence-electron chi connectivity index (χ3n) is 4.61. The number of benzene rings is 2. The Morgan fingerprint density at radius 3 is 2.70 bits per heavy atom. The van der Waals surface area contributed by atoms with E-state index in [9.17, 15) is 18.4 Å². The average Bonchev–Trinajstić information content (AvgIpc) is 3.16. The molecule has 1 aliphatic rings. The van der Waals surface area contributed by atoms with E-state index in [0.29, 0.717) is 17.0 Å². The lowest BCUT2D eigenvalue weighted by Gasteiger charge is -2.13. The molecule has 8 heteroatoms. The van der Waals surface area contributed by atoms with Gasteiger partial charge < -0.3 is 10.3 Å². The second-order valence-corrected chi connectivity index (χ2v) is 6.76. The molecule has 0 spiro atoms. The molecule has 1 saturated heterocycles. The molecule has 4 rings (SSSR count). The average molecular weight is 390 g/mol. The van der Waals surface area contributed by atoms with Crippen molar-refractivity contribution >= 4 is 34.4 Å². The van der Waals surface area contributed by atoms with Gasteiger partial charge in [-0.1, -0.05) is 29.8 Å². The number of halogens is 3. The summed E-state index contributed by atoms with van der Waals surface area (Å²) in [5.74, 6) is -2.42. The van der Waals surface area contributed by atoms with E-state index < -0.39 is 29.6 Å². The molecule has 0 aliphatic carbocycles. The third-order valence-corrected chi connectivity index (χ3v) is 4.92. The summed E-state index contributed by atoms with van der Waals surface area (Å²) in [7, 11) is 0. The van der Waals surface area contributed by atoms with Crippen LogP contribution in [-0.2, 0) is 17.8 Å². The minimum absolute atomic E-state index is 0.127. The fourth-order valence-electron chi connectivity index (χ4n) is 3.25. The number of urea groups is 1. The van der Waals surface area contributed by atoms with Gasteiger partial charge in [-0.05, 0) is 29.3 Å². The van der Waals surface area contributed by atoms with Gasteiger partial charge in [0.15, 0.2) is 11.6 Å². The van der Waals surface area contributed by atoms with Gasteiger partial charge in [0.1, 0.15) is 6.04 Å². The van der Waals surface area contributed by atoms with Crippen LogP contribution in [0.4, 0.5) is 13.6 Å². The molecule has 27 heavy (non-hydrogen) atoms. The van der Waals surface area contributed by atoms with Gasteiger partial charge in [0.2, 0.25) is 0 Å². The number of carbonyl (C=O) groups is 2. The van der Waals surface area contributed by atoms with E-state index in [1.165, 1.54) is 6.07 Å². The van der Waals surface area contributed by atoms with Crippen LogP contribution in [0.1, 0.15) is 11.1 Å². The van der Waals surface area contributed by atoms with Crippen molar-refractivity contribution < 1.29 is 18.4 Å². The quantitative estimate of drug-likeness (QED) is 0.667. The maximum atomic E-state index is 13.4. The number of hydrogen-bond donors (Lipinski definition) is 2. The van der Waals surface area contributed by atoms with Crippen LogP contribution >= 0.6 is 11.6 Å². The van der Waals surface area contributed by atoms with Crippen LogP contribution in [0, 0.1) is 11.6 Å². The molecule has 138 valence electrons. The third kappa shape index (κ3) is 3.14. The fraction of sp³-hybridized carbons (Fsp3) is 0.158. The summed E-state index contributed by atoms with van der Waals surface area (Å²) >= 11 is 6.14. The lowest BCUT2D eigenvalue weighted by Crippen LogP contribution is -2.32. The number of nitrogens with one attached hydrogen (secondary N) is 2. The first kappa shape index (κ1) is 17.5. The van der Waals surface area contributed by atoms with Gasteiger partial charge in [0.05, 0.1) is 17.1 Å². The highest BCUT2D eigenvalue weighted by Crippen LogP contribution is 2.27. The molecule has 1 aromatic heterocycles. The van der Waals surface area contributed by atoms with Crippen LogP contribution in [-0.4, -0.2) is 27.9 Å². The maximum Gasteiger partial charge on any atom is 0.325 e. The Hall–Kier alpha value is -2.93. The molecule has 2 N–H and O–H groups in total. The number of aromatic nitrogens is 1. The maximum absolute atomic E-state index is 13.4. The number of imide groups is 1. The fourth-order valence-corrected chi connectivity index (χ4v) is 3.48. The predicted molar refractivity (Wildman–Crippen MR) is 96.2 cm³/mol. The predicted octanol–water partition coefficient (Wildman–Crippen LogP) is 3.76. The zero-order chi connectivity index (χ0) is 19.1. The number of H-pyrrole nitrogens is 1. The van der Waals surface area contributed by atoms with Crippen molar-refractivity contribution in [2.75, 3.05) is 0 Å². The zero-order valence-corrected chi connectivity index (χ0v) is 14.7. The number of hydrogen-bond acceptors (Lipinski definition) is 2. The number of amides is 3. The smallest absolute Gasteiger partial charge is 0.325 e. The van der Waals surface area contributed by atoms with Crippen LogP contribution in [0.25, 0.3) is 10.9 Å². The standard InChI is InChI=1S/C19H14ClF2N3O2/c20-13-3-1-2-12-11(8-23-17(12)13)7-16-18(26)25(19(27)24-16)9-10-4-5-14(21)15(22)6-10/h1-6,8,16,23H,7,9H2,(H,24,27)/t16-/m1/s1. The molecule has 1 aliphatic heterocycles. The van der Waals surface area contributed by atoms with Crippen molar-refractivity contribution in [2.24, 2.45) is 0 Å². The first-order valence-corrected chi connectivity index (χ1v) is 8.62. The second-order valence-electron chi connectivity index (χ2n) is 6.36. The van der Waals surface area contributed by atoms with Crippen LogP contribution in [0.3, 0.4) is 0 Å². The van der Waals surface area contributed by atoms with Gasteiger partial charge >= 0.3 is 6.03 Å². The van der Waals surface area contributed by atoms with E-state index in [1.54, 1.807) is 12.3 Å². The molecule has 2 heterocycles. The summed E-state index contributed by atoms with van der Waals surface area (Å²) in [5, 5.41) is 4.09. The van der Waals surface area contributed by atoms with E-state index in [2.05, 4.69) is 10.3 Å². The number of carbonyl (C=O) groups excluding carboxylic acids is 2. The van der Waals surface area contributed by atoms with E-state index in [0.717, 1.165) is 33.5 Å². The number of para-hydroxylation sites is 1.